The van der Waals surface area contributed by atoms with Crippen LogP contribution in [0, 0.1) is 0 Å². The van der Waals surface area contributed by atoms with Crippen LogP contribution >= 0.6 is 15.9 Å². The minimum absolute atomic E-state index is 0.102. The van der Waals surface area contributed by atoms with Crippen molar-refractivity contribution in [1.82, 2.24) is 10.5 Å². The Morgan fingerprint density at radius 2 is 2.00 bits per heavy atom. The third-order valence-corrected chi connectivity index (χ3v) is 4.00. The van der Waals surface area contributed by atoms with Gasteiger partial charge in [-0.25, -0.2) is 4.79 Å². The molecule has 1 heterocycles. The van der Waals surface area contributed by atoms with E-state index in [1.165, 1.54) is 0 Å². The molecule has 1 fully saturated rings. The number of rotatable bonds is 5. The molecule has 6 nitrogen and oxygen atoms in total. The van der Waals surface area contributed by atoms with Crippen molar-refractivity contribution in [2.24, 2.45) is 0 Å². The number of carbonyl (C=O) groups is 2. The fourth-order valence-corrected chi connectivity index (χ4v) is 2.37. The van der Waals surface area contributed by atoms with Crippen LogP contribution in [0.25, 0.3) is 0 Å². The Morgan fingerprint density at radius 1 is 1.32 bits per heavy atom. The highest BCUT2D eigenvalue weighted by Crippen LogP contribution is 2.40. The summed E-state index contributed by atoms with van der Waals surface area (Å²) in [6, 6.07) is 7.16. The topological polar surface area (TPSA) is 92.4 Å². The molecule has 1 aromatic heterocycles. The minimum atomic E-state index is -1.14. The second kappa shape index (κ2) is 5.92. The van der Waals surface area contributed by atoms with Crippen molar-refractivity contribution in [3.63, 3.8) is 0 Å². The van der Waals surface area contributed by atoms with Gasteiger partial charge in [0.05, 0.1) is 0 Å². The predicted molar refractivity (Wildman–Crippen MR) is 80.5 cm³/mol. The van der Waals surface area contributed by atoms with Gasteiger partial charge in [0, 0.05) is 16.5 Å². The zero-order valence-corrected chi connectivity index (χ0v) is 13.0. The Bertz CT molecular complexity index is 707. The van der Waals surface area contributed by atoms with Crippen LogP contribution in [0.2, 0.25) is 0 Å². The van der Waals surface area contributed by atoms with Crippen molar-refractivity contribution in [1.29, 1.82) is 0 Å². The Labute approximate surface area is 134 Å². The molecule has 1 unspecified atom stereocenters. The maximum absolute atomic E-state index is 12.1. The molecule has 0 saturated heterocycles. The molecule has 0 spiro atoms. The molecule has 1 aromatic carbocycles. The summed E-state index contributed by atoms with van der Waals surface area (Å²) in [5.74, 6) is -0.677. The number of hydrogen-bond donors (Lipinski definition) is 2. The third-order valence-electron chi connectivity index (χ3n) is 3.47. The Morgan fingerprint density at radius 3 is 2.59 bits per heavy atom. The molecule has 1 saturated carbocycles. The number of nitrogens with zero attached hydrogens (tertiary/aromatic N) is 1. The van der Waals surface area contributed by atoms with Crippen molar-refractivity contribution in [2.75, 3.05) is 0 Å². The molecule has 1 aliphatic rings. The maximum atomic E-state index is 12.1. The molecular formula is C15H13BrN2O4. The van der Waals surface area contributed by atoms with E-state index in [2.05, 4.69) is 26.4 Å². The Hall–Kier alpha value is -2.15. The van der Waals surface area contributed by atoms with Crippen molar-refractivity contribution >= 4 is 27.8 Å². The second-order valence-electron chi connectivity index (χ2n) is 5.19. The Balaban J connectivity index is 1.76. The zero-order valence-electron chi connectivity index (χ0n) is 11.5. The molecule has 1 atom stereocenters. The minimum Gasteiger partial charge on any atom is -0.479 e. The lowest BCUT2D eigenvalue weighted by Crippen LogP contribution is -2.33. The average molecular weight is 365 g/mol. The van der Waals surface area contributed by atoms with Gasteiger partial charge in [0.2, 0.25) is 0 Å². The normalized spacial score (nSPS) is 15.3. The fourth-order valence-electron chi connectivity index (χ4n) is 2.10. The molecular weight excluding hydrogens is 352 g/mol. The third kappa shape index (κ3) is 3.19. The summed E-state index contributed by atoms with van der Waals surface area (Å²) in [6.07, 6.45) is 2.07. The second-order valence-corrected chi connectivity index (χ2v) is 6.10. The van der Waals surface area contributed by atoms with Crippen molar-refractivity contribution < 1.29 is 19.2 Å². The summed E-state index contributed by atoms with van der Waals surface area (Å²) in [5, 5.41) is 15.5. The Kier molecular flexibility index (Phi) is 3.98. The van der Waals surface area contributed by atoms with E-state index in [0.717, 1.165) is 17.3 Å². The number of aromatic nitrogens is 1. The SMILES string of the molecule is O=C(NC(C(=O)O)c1ccc(Br)cc1)c1cc(C2CC2)on1. The highest BCUT2D eigenvalue weighted by atomic mass is 79.9. The summed E-state index contributed by atoms with van der Waals surface area (Å²) in [6.45, 7) is 0. The average Bonchev–Trinajstić information content (AvgIpc) is 3.22. The number of hydrogen-bond acceptors (Lipinski definition) is 4. The molecule has 1 aliphatic carbocycles. The first-order valence-corrected chi connectivity index (χ1v) is 7.59. The van der Waals surface area contributed by atoms with Crippen molar-refractivity contribution in [3.8, 4) is 0 Å². The van der Waals surface area contributed by atoms with E-state index < -0.39 is 17.9 Å². The van der Waals surface area contributed by atoms with Gasteiger partial charge in [0.15, 0.2) is 11.7 Å². The first-order chi connectivity index (χ1) is 10.5. The van der Waals surface area contributed by atoms with Crippen LogP contribution in [0.3, 0.4) is 0 Å². The molecule has 7 heteroatoms. The molecule has 3 rings (SSSR count). The standard InChI is InChI=1S/C15H13BrN2O4/c16-10-5-3-9(4-6-10)13(15(20)21)17-14(19)11-7-12(22-18-11)8-1-2-8/h3-8,13H,1-2H2,(H,17,19)(H,20,21). The van der Waals surface area contributed by atoms with Gasteiger partial charge in [-0.15, -0.1) is 0 Å². The van der Waals surface area contributed by atoms with E-state index in [4.69, 9.17) is 4.52 Å². The van der Waals surface area contributed by atoms with Gasteiger partial charge in [-0.05, 0) is 30.5 Å². The monoisotopic (exact) mass is 364 g/mol. The first kappa shape index (κ1) is 14.8. The van der Waals surface area contributed by atoms with Crippen molar-refractivity contribution in [3.05, 3.63) is 51.8 Å². The molecule has 2 N–H and O–H groups in total. The van der Waals surface area contributed by atoms with Gasteiger partial charge in [-0.1, -0.05) is 33.2 Å². The number of nitrogens with one attached hydrogen (secondary N) is 1. The number of aliphatic carboxylic acids is 1. The van der Waals surface area contributed by atoms with Crippen LogP contribution in [-0.2, 0) is 4.79 Å². The lowest BCUT2D eigenvalue weighted by molar-refractivity contribution is -0.139. The first-order valence-electron chi connectivity index (χ1n) is 6.80. The summed E-state index contributed by atoms with van der Waals surface area (Å²) >= 11 is 3.28. The number of halogens is 1. The highest BCUT2D eigenvalue weighted by Gasteiger charge is 2.30. The van der Waals surface area contributed by atoms with Gasteiger partial charge in [0.1, 0.15) is 5.76 Å². The number of amides is 1. The summed E-state index contributed by atoms with van der Waals surface area (Å²) in [5.41, 5.74) is 0.584. The van der Waals surface area contributed by atoms with E-state index in [1.54, 1.807) is 30.3 Å². The van der Waals surface area contributed by atoms with Crippen LogP contribution in [0.4, 0.5) is 0 Å². The lowest BCUT2D eigenvalue weighted by atomic mass is 10.1. The zero-order chi connectivity index (χ0) is 15.7. The number of carbonyl (C=O) groups excluding carboxylic acids is 1. The highest BCUT2D eigenvalue weighted by molar-refractivity contribution is 9.10. The van der Waals surface area contributed by atoms with Gasteiger partial charge in [-0.3, -0.25) is 4.79 Å². The molecule has 1 amide bonds. The molecule has 2 aromatic rings. The van der Waals surface area contributed by atoms with Crippen LogP contribution < -0.4 is 5.32 Å². The lowest BCUT2D eigenvalue weighted by Gasteiger charge is -2.14. The summed E-state index contributed by atoms with van der Waals surface area (Å²) in [4.78, 5) is 23.6. The van der Waals surface area contributed by atoms with Crippen LogP contribution in [-0.4, -0.2) is 22.1 Å². The van der Waals surface area contributed by atoms with Crippen LogP contribution in [0.1, 0.15) is 46.6 Å². The molecule has 0 bridgehead atoms. The molecule has 0 aliphatic heterocycles. The van der Waals surface area contributed by atoms with E-state index in [9.17, 15) is 14.7 Å². The fraction of sp³-hybridized carbons (Fsp3) is 0.267. The van der Waals surface area contributed by atoms with Crippen molar-refractivity contribution in [2.45, 2.75) is 24.8 Å². The van der Waals surface area contributed by atoms with Gasteiger partial charge in [-0.2, -0.15) is 0 Å². The number of carboxylic acids is 1. The molecule has 0 radical (unpaired) electrons. The quantitative estimate of drug-likeness (QED) is 0.850. The van der Waals surface area contributed by atoms with Gasteiger partial charge >= 0.3 is 5.97 Å². The van der Waals surface area contributed by atoms with Gasteiger partial charge < -0.3 is 14.9 Å². The largest absolute Gasteiger partial charge is 0.479 e. The van der Waals surface area contributed by atoms with E-state index >= 15 is 0 Å². The smallest absolute Gasteiger partial charge is 0.330 e. The van der Waals surface area contributed by atoms with Crippen LogP contribution in [0.15, 0.2) is 39.3 Å². The van der Waals surface area contributed by atoms with E-state index in [0.29, 0.717) is 17.2 Å². The van der Waals surface area contributed by atoms with Crippen LogP contribution in [0.5, 0.6) is 0 Å². The number of benzene rings is 1. The van der Waals surface area contributed by atoms with E-state index in [1.807, 2.05) is 0 Å². The summed E-state index contributed by atoms with van der Waals surface area (Å²) in [7, 11) is 0. The summed E-state index contributed by atoms with van der Waals surface area (Å²) < 4.78 is 5.94. The van der Waals surface area contributed by atoms with E-state index in [-0.39, 0.29) is 5.69 Å². The maximum Gasteiger partial charge on any atom is 0.330 e. The molecule has 22 heavy (non-hydrogen) atoms. The molecule has 114 valence electrons. The predicted octanol–water partition coefficient (Wildman–Crippen LogP) is 2.87. The number of carboxylic acid groups (broad SMARTS) is 1. The van der Waals surface area contributed by atoms with Gasteiger partial charge in [0.25, 0.3) is 5.91 Å².